The second-order valence-electron chi connectivity index (χ2n) is 6.50. The molecule has 1 unspecified atom stereocenters. The topological polar surface area (TPSA) is 30.0 Å². The monoisotopic (exact) mass is 339 g/mol. The average molecular weight is 339 g/mol. The van der Waals surface area contributed by atoms with Crippen LogP contribution >= 0.6 is 0 Å². The average Bonchev–Trinajstić information content (AvgIpc) is 2.64. The molecule has 128 valence electrons. The first-order valence-corrected chi connectivity index (χ1v) is 8.65. The summed E-state index contributed by atoms with van der Waals surface area (Å²) >= 11 is 0. The van der Waals surface area contributed by atoms with Gasteiger partial charge < -0.3 is 0 Å². The molecule has 0 radical (unpaired) electrons. The summed E-state index contributed by atoms with van der Waals surface area (Å²) in [5.41, 5.74) is 5.83. The van der Waals surface area contributed by atoms with Crippen molar-refractivity contribution in [2.45, 2.75) is 26.2 Å². The molecule has 0 spiro atoms. The number of carbonyl (C=O) groups is 1. The van der Waals surface area contributed by atoms with Crippen LogP contribution in [-0.4, -0.2) is 10.8 Å². The molecule has 0 aliphatic carbocycles. The first kappa shape index (κ1) is 17.6. The van der Waals surface area contributed by atoms with E-state index in [2.05, 4.69) is 10.9 Å². The molecule has 0 aliphatic heterocycles. The van der Waals surface area contributed by atoms with Crippen molar-refractivity contribution >= 4 is 5.78 Å². The largest absolute Gasteiger partial charge is 0.298 e. The highest BCUT2D eigenvalue weighted by molar-refractivity contribution is 5.91. The number of benzene rings is 2. The SMILES string of the molecule is C#Cc1ccc(C(C(=O)Cc2ccnc(C)c2)c2ccccc2C)cc1. The van der Waals surface area contributed by atoms with E-state index in [9.17, 15) is 4.79 Å². The molecular weight excluding hydrogens is 318 g/mol. The van der Waals surface area contributed by atoms with Gasteiger partial charge >= 0.3 is 0 Å². The van der Waals surface area contributed by atoms with Crippen LogP contribution in [0.15, 0.2) is 66.9 Å². The van der Waals surface area contributed by atoms with Crippen molar-refractivity contribution in [3.8, 4) is 12.3 Å². The Morgan fingerprint density at radius 3 is 2.46 bits per heavy atom. The van der Waals surface area contributed by atoms with E-state index in [4.69, 9.17) is 6.42 Å². The lowest BCUT2D eigenvalue weighted by molar-refractivity contribution is -0.119. The smallest absolute Gasteiger partial charge is 0.149 e. The summed E-state index contributed by atoms with van der Waals surface area (Å²) in [5, 5.41) is 0. The summed E-state index contributed by atoms with van der Waals surface area (Å²) in [6.07, 6.45) is 7.59. The van der Waals surface area contributed by atoms with E-state index in [1.165, 1.54) is 0 Å². The van der Waals surface area contributed by atoms with E-state index in [1.54, 1.807) is 6.20 Å². The second kappa shape index (κ2) is 7.80. The van der Waals surface area contributed by atoms with Crippen molar-refractivity contribution in [3.05, 3.63) is 100 Å². The Bertz CT molecular complexity index is 964. The van der Waals surface area contributed by atoms with E-state index in [1.807, 2.05) is 74.5 Å². The zero-order valence-electron chi connectivity index (χ0n) is 15.1. The first-order valence-electron chi connectivity index (χ1n) is 8.65. The number of nitrogens with zero attached hydrogens (tertiary/aromatic N) is 1. The van der Waals surface area contributed by atoms with Gasteiger partial charge in [0.25, 0.3) is 0 Å². The zero-order valence-corrected chi connectivity index (χ0v) is 15.1. The lowest BCUT2D eigenvalue weighted by Gasteiger charge is -2.19. The van der Waals surface area contributed by atoms with Crippen molar-refractivity contribution in [2.75, 3.05) is 0 Å². The molecule has 0 bridgehead atoms. The molecular formula is C24H21NO. The molecule has 3 aromatic rings. The van der Waals surface area contributed by atoms with E-state index in [0.29, 0.717) is 6.42 Å². The molecule has 0 saturated heterocycles. The highest BCUT2D eigenvalue weighted by atomic mass is 16.1. The van der Waals surface area contributed by atoms with Gasteiger partial charge in [0, 0.05) is 23.9 Å². The predicted molar refractivity (Wildman–Crippen MR) is 105 cm³/mol. The van der Waals surface area contributed by atoms with Crippen molar-refractivity contribution in [2.24, 2.45) is 0 Å². The Labute approximate surface area is 154 Å². The maximum atomic E-state index is 13.3. The van der Waals surface area contributed by atoms with Crippen molar-refractivity contribution in [1.82, 2.24) is 4.98 Å². The van der Waals surface area contributed by atoms with E-state index in [-0.39, 0.29) is 11.7 Å². The molecule has 0 aliphatic rings. The minimum absolute atomic E-state index is 0.165. The van der Waals surface area contributed by atoms with Gasteiger partial charge in [0.15, 0.2) is 0 Å². The Hall–Kier alpha value is -3.18. The molecule has 1 heterocycles. The Balaban J connectivity index is 2.01. The van der Waals surface area contributed by atoms with Crippen molar-refractivity contribution in [1.29, 1.82) is 0 Å². The quantitative estimate of drug-likeness (QED) is 0.635. The molecule has 2 heteroatoms. The van der Waals surface area contributed by atoms with Crippen LogP contribution in [0.25, 0.3) is 0 Å². The lowest BCUT2D eigenvalue weighted by Crippen LogP contribution is -2.17. The van der Waals surface area contributed by atoms with Crippen LogP contribution in [0.3, 0.4) is 0 Å². The fourth-order valence-electron chi connectivity index (χ4n) is 3.24. The van der Waals surface area contributed by atoms with Gasteiger partial charge in [-0.15, -0.1) is 6.42 Å². The van der Waals surface area contributed by atoms with Crippen LogP contribution < -0.4 is 0 Å². The molecule has 26 heavy (non-hydrogen) atoms. The number of Topliss-reactive ketones (excluding diaryl/α,β-unsaturated/α-hetero) is 1. The van der Waals surface area contributed by atoms with Gasteiger partial charge in [-0.05, 0) is 60.4 Å². The summed E-state index contributed by atoms with van der Waals surface area (Å²) in [4.78, 5) is 17.5. The Kier molecular flexibility index (Phi) is 5.29. The van der Waals surface area contributed by atoms with Crippen LogP contribution in [0.1, 0.15) is 39.4 Å². The predicted octanol–water partition coefficient (Wildman–Crippen LogP) is 4.62. The molecule has 1 aromatic heterocycles. The summed E-state index contributed by atoms with van der Waals surface area (Å²) < 4.78 is 0. The van der Waals surface area contributed by atoms with E-state index >= 15 is 0 Å². The van der Waals surface area contributed by atoms with Crippen molar-refractivity contribution < 1.29 is 4.79 Å². The number of rotatable bonds is 5. The molecule has 0 N–H and O–H groups in total. The minimum atomic E-state index is -0.309. The number of aryl methyl sites for hydroxylation is 2. The third kappa shape index (κ3) is 3.90. The zero-order chi connectivity index (χ0) is 18.5. The fraction of sp³-hybridized carbons (Fsp3) is 0.167. The van der Waals surface area contributed by atoms with Gasteiger partial charge in [-0.3, -0.25) is 9.78 Å². The van der Waals surface area contributed by atoms with Crippen LogP contribution in [0, 0.1) is 26.2 Å². The highest BCUT2D eigenvalue weighted by Crippen LogP contribution is 2.29. The number of ketones is 1. The minimum Gasteiger partial charge on any atom is -0.298 e. The third-order valence-electron chi connectivity index (χ3n) is 4.57. The molecule has 0 amide bonds. The second-order valence-corrected chi connectivity index (χ2v) is 6.50. The van der Waals surface area contributed by atoms with Gasteiger partial charge in [0.2, 0.25) is 0 Å². The third-order valence-corrected chi connectivity index (χ3v) is 4.57. The first-order chi connectivity index (χ1) is 12.6. The number of aromatic nitrogens is 1. The summed E-state index contributed by atoms with van der Waals surface area (Å²) in [7, 11) is 0. The Morgan fingerprint density at radius 2 is 1.81 bits per heavy atom. The van der Waals surface area contributed by atoms with E-state index < -0.39 is 0 Å². The van der Waals surface area contributed by atoms with Crippen molar-refractivity contribution in [3.63, 3.8) is 0 Å². The maximum absolute atomic E-state index is 13.3. The number of pyridine rings is 1. The number of hydrogen-bond acceptors (Lipinski definition) is 2. The summed E-state index contributed by atoms with van der Waals surface area (Å²) in [6.45, 7) is 3.98. The maximum Gasteiger partial charge on any atom is 0.149 e. The lowest BCUT2D eigenvalue weighted by atomic mass is 9.83. The normalized spacial score (nSPS) is 11.6. The van der Waals surface area contributed by atoms with Gasteiger partial charge in [0.1, 0.15) is 5.78 Å². The van der Waals surface area contributed by atoms with Crippen LogP contribution in [0.5, 0.6) is 0 Å². The number of hydrogen-bond donors (Lipinski definition) is 0. The van der Waals surface area contributed by atoms with Gasteiger partial charge in [-0.2, -0.15) is 0 Å². The summed E-state index contributed by atoms with van der Waals surface area (Å²) in [5.74, 6) is 2.48. The van der Waals surface area contributed by atoms with Crippen LogP contribution in [0.2, 0.25) is 0 Å². The molecule has 2 nitrogen and oxygen atoms in total. The fourth-order valence-corrected chi connectivity index (χ4v) is 3.24. The molecule has 3 rings (SSSR count). The standard InChI is InChI=1S/C24H21NO/c1-4-19-9-11-21(12-10-19)24(22-8-6-5-7-17(22)2)23(26)16-20-13-14-25-18(3)15-20/h1,5-15,24H,16H2,2-3H3. The number of carbonyl (C=O) groups excluding carboxylic acids is 1. The molecule has 2 aromatic carbocycles. The van der Waals surface area contributed by atoms with Gasteiger partial charge in [0.05, 0.1) is 5.92 Å². The Morgan fingerprint density at radius 1 is 1.08 bits per heavy atom. The van der Waals surface area contributed by atoms with Crippen LogP contribution in [0.4, 0.5) is 0 Å². The molecule has 0 saturated carbocycles. The van der Waals surface area contributed by atoms with E-state index in [0.717, 1.165) is 33.5 Å². The molecule has 1 atom stereocenters. The molecule has 0 fully saturated rings. The highest BCUT2D eigenvalue weighted by Gasteiger charge is 2.24. The number of terminal acetylenes is 1. The van der Waals surface area contributed by atoms with Gasteiger partial charge in [-0.1, -0.05) is 42.3 Å². The van der Waals surface area contributed by atoms with Gasteiger partial charge in [-0.25, -0.2) is 0 Å². The van der Waals surface area contributed by atoms with Crippen LogP contribution in [-0.2, 0) is 11.2 Å². The summed E-state index contributed by atoms with van der Waals surface area (Å²) in [6, 6.07) is 19.6.